The molecule has 3 aromatic rings. The Bertz CT molecular complexity index is 1040. The lowest BCUT2D eigenvalue weighted by molar-refractivity contribution is -0.139. The van der Waals surface area contributed by atoms with Gasteiger partial charge in [0, 0.05) is 30.7 Å². The van der Waals surface area contributed by atoms with Gasteiger partial charge in [-0.1, -0.05) is 17.4 Å². The number of hydrogen-bond acceptors (Lipinski definition) is 6. The predicted molar refractivity (Wildman–Crippen MR) is 120 cm³/mol. The van der Waals surface area contributed by atoms with Crippen LogP contribution in [-0.4, -0.2) is 58.2 Å². The van der Waals surface area contributed by atoms with Gasteiger partial charge in [0.05, 0.1) is 17.3 Å². The summed E-state index contributed by atoms with van der Waals surface area (Å²) in [6, 6.07) is 6.33. The van der Waals surface area contributed by atoms with Crippen LogP contribution >= 0.6 is 28.3 Å². The molecule has 0 unspecified atom stereocenters. The zero-order valence-corrected chi connectivity index (χ0v) is 19.2. The number of aromatic nitrogens is 3. The van der Waals surface area contributed by atoms with Gasteiger partial charge in [-0.15, -0.1) is 27.2 Å². The van der Waals surface area contributed by atoms with E-state index in [1.807, 2.05) is 11.9 Å². The molecule has 0 spiro atoms. The molecule has 1 saturated heterocycles. The van der Waals surface area contributed by atoms with Crippen molar-refractivity contribution in [1.82, 2.24) is 19.7 Å². The minimum atomic E-state index is -4.41. The molecule has 12 heteroatoms. The second kappa shape index (κ2) is 9.39. The summed E-state index contributed by atoms with van der Waals surface area (Å²) < 4.78 is 55.7. The van der Waals surface area contributed by atoms with Crippen LogP contribution in [0, 0.1) is 0 Å². The number of anilines is 1. The zero-order chi connectivity index (χ0) is 21.5. The standard InChI is InChI=1S/C19H22F4N6S.BrH/c1-28-6-5-14(12(20)9-28)25-13-3-2-4-15-11(13)7-16(29(15)10-19(21,22)23)18-27-26-17(8-24)30-18;/h2-4,7,12,14,25H,5-6,8-10,24H2,1H3;1H/t12-,14+;/m0./s1. The van der Waals surface area contributed by atoms with Crippen LogP contribution in [0.1, 0.15) is 11.4 Å². The molecule has 6 nitrogen and oxygen atoms in total. The van der Waals surface area contributed by atoms with E-state index in [0.29, 0.717) is 45.3 Å². The molecule has 2 atom stereocenters. The fourth-order valence-corrected chi connectivity index (χ4v) is 4.54. The molecule has 2 aromatic heterocycles. The molecule has 1 aliphatic rings. The second-order valence-electron chi connectivity index (χ2n) is 7.49. The number of rotatable bonds is 5. The number of benzene rings is 1. The van der Waals surface area contributed by atoms with Crippen molar-refractivity contribution in [1.29, 1.82) is 0 Å². The summed E-state index contributed by atoms with van der Waals surface area (Å²) in [4.78, 5) is 1.92. The summed E-state index contributed by atoms with van der Waals surface area (Å²) in [7, 11) is 1.87. The Hall–Kier alpha value is -1.76. The zero-order valence-electron chi connectivity index (χ0n) is 16.7. The van der Waals surface area contributed by atoms with Crippen molar-refractivity contribution in [3.63, 3.8) is 0 Å². The Morgan fingerprint density at radius 3 is 2.71 bits per heavy atom. The normalized spacial score (nSPS) is 20.1. The molecule has 0 bridgehead atoms. The van der Waals surface area contributed by atoms with E-state index in [9.17, 15) is 17.6 Å². The van der Waals surface area contributed by atoms with Gasteiger partial charge in [0.1, 0.15) is 17.7 Å². The maximum absolute atomic E-state index is 14.5. The number of nitrogens with zero attached hydrogens (tertiary/aromatic N) is 4. The van der Waals surface area contributed by atoms with E-state index >= 15 is 0 Å². The van der Waals surface area contributed by atoms with Crippen LogP contribution in [0.15, 0.2) is 24.3 Å². The Morgan fingerprint density at radius 2 is 2.06 bits per heavy atom. The molecule has 170 valence electrons. The second-order valence-corrected chi connectivity index (χ2v) is 8.55. The first-order valence-electron chi connectivity index (χ1n) is 9.56. The lowest BCUT2D eigenvalue weighted by Gasteiger charge is -2.33. The summed E-state index contributed by atoms with van der Waals surface area (Å²) in [5.41, 5.74) is 6.90. The van der Waals surface area contributed by atoms with Gasteiger partial charge in [0.25, 0.3) is 0 Å². The molecule has 4 rings (SSSR count). The van der Waals surface area contributed by atoms with Gasteiger partial charge in [0.15, 0.2) is 5.01 Å². The highest BCUT2D eigenvalue weighted by molar-refractivity contribution is 8.93. The van der Waals surface area contributed by atoms with Gasteiger partial charge in [-0.25, -0.2) is 4.39 Å². The molecule has 3 heterocycles. The van der Waals surface area contributed by atoms with Crippen LogP contribution in [0.2, 0.25) is 0 Å². The van der Waals surface area contributed by atoms with Crippen molar-refractivity contribution >= 4 is 44.9 Å². The molecular formula is C19H23BrF4N6S. The Morgan fingerprint density at radius 1 is 1.29 bits per heavy atom. The third kappa shape index (κ3) is 5.18. The maximum Gasteiger partial charge on any atom is 0.406 e. The van der Waals surface area contributed by atoms with E-state index in [1.54, 1.807) is 24.3 Å². The summed E-state index contributed by atoms with van der Waals surface area (Å²) in [5.74, 6) is 0. The van der Waals surface area contributed by atoms with Crippen molar-refractivity contribution in [3.05, 3.63) is 29.3 Å². The van der Waals surface area contributed by atoms with E-state index < -0.39 is 24.9 Å². The number of alkyl halides is 4. The predicted octanol–water partition coefficient (Wildman–Crippen LogP) is 4.21. The van der Waals surface area contributed by atoms with Crippen molar-refractivity contribution in [3.8, 4) is 10.7 Å². The quantitative estimate of drug-likeness (QED) is 0.491. The Labute approximate surface area is 191 Å². The highest BCUT2D eigenvalue weighted by atomic mass is 79.9. The van der Waals surface area contributed by atoms with Crippen molar-refractivity contribution in [2.45, 2.75) is 37.9 Å². The van der Waals surface area contributed by atoms with E-state index in [0.717, 1.165) is 17.9 Å². The van der Waals surface area contributed by atoms with Crippen LogP contribution in [0.3, 0.4) is 0 Å². The van der Waals surface area contributed by atoms with E-state index in [-0.39, 0.29) is 23.5 Å². The largest absolute Gasteiger partial charge is 0.406 e. The SMILES string of the molecule is Br.CN1CC[C@@H](Nc2cccc3c2cc(-c2nnc(CN)s2)n3CC(F)(F)F)[C@@H](F)C1. The number of hydrogen-bond donors (Lipinski definition) is 2. The summed E-state index contributed by atoms with van der Waals surface area (Å²) in [6.07, 6.45) is -4.87. The van der Waals surface area contributed by atoms with Crippen molar-refractivity contribution in [2.24, 2.45) is 5.73 Å². The fraction of sp³-hybridized carbons (Fsp3) is 0.474. The number of nitrogens with one attached hydrogen (secondary N) is 1. The van der Waals surface area contributed by atoms with Gasteiger partial charge < -0.3 is 20.5 Å². The number of nitrogens with two attached hydrogens (primary N) is 1. The van der Waals surface area contributed by atoms with Gasteiger partial charge in [-0.05, 0) is 31.7 Å². The molecular weight excluding hydrogens is 500 g/mol. The molecule has 0 aliphatic carbocycles. The maximum atomic E-state index is 14.5. The smallest absolute Gasteiger partial charge is 0.379 e. The summed E-state index contributed by atoms with van der Waals surface area (Å²) in [6.45, 7) is 0.0758. The lowest BCUT2D eigenvalue weighted by atomic mass is 10.0. The van der Waals surface area contributed by atoms with Gasteiger partial charge in [-0.2, -0.15) is 13.2 Å². The topological polar surface area (TPSA) is 72.0 Å². The first-order valence-corrected chi connectivity index (χ1v) is 10.4. The molecule has 0 saturated carbocycles. The van der Waals surface area contributed by atoms with Crippen LogP contribution < -0.4 is 11.1 Å². The van der Waals surface area contributed by atoms with Crippen LogP contribution in [0.25, 0.3) is 21.6 Å². The van der Waals surface area contributed by atoms with E-state index in [2.05, 4.69) is 15.5 Å². The fourth-order valence-electron chi connectivity index (χ4n) is 3.80. The third-order valence-electron chi connectivity index (χ3n) is 5.23. The van der Waals surface area contributed by atoms with E-state index in [1.165, 1.54) is 4.57 Å². The molecule has 0 amide bonds. The average Bonchev–Trinajstić information content (AvgIpc) is 3.28. The molecule has 0 radical (unpaired) electrons. The monoisotopic (exact) mass is 522 g/mol. The average molecular weight is 523 g/mol. The number of fused-ring (bicyclic) bond motifs is 1. The van der Waals surface area contributed by atoms with Gasteiger partial charge in [-0.3, -0.25) is 0 Å². The third-order valence-corrected chi connectivity index (χ3v) is 6.20. The highest BCUT2D eigenvalue weighted by Gasteiger charge is 2.32. The van der Waals surface area contributed by atoms with Gasteiger partial charge in [0.2, 0.25) is 0 Å². The number of piperidine rings is 1. The minimum absolute atomic E-state index is 0. The molecule has 3 N–H and O–H groups in total. The Kier molecular flexibility index (Phi) is 7.24. The van der Waals surface area contributed by atoms with Crippen LogP contribution in [-0.2, 0) is 13.1 Å². The molecule has 1 aliphatic heterocycles. The lowest BCUT2D eigenvalue weighted by Crippen LogP contribution is -2.46. The van der Waals surface area contributed by atoms with Crippen LogP contribution in [0.4, 0.5) is 23.2 Å². The first-order chi connectivity index (χ1) is 14.2. The number of halogens is 5. The van der Waals surface area contributed by atoms with E-state index in [4.69, 9.17) is 5.73 Å². The first kappa shape index (κ1) is 23.9. The molecule has 1 aromatic carbocycles. The Balaban J connectivity index is 0.00000272. The van der Waals surface area contributed by atoms with Crippen molar-refractivity contribution < 1.29 is 17.6 Å². The minimum Gasteiger partial charge on any atom is -0.379 e. The highest BCUT2D eigenvalue weighted by Crippen LogP contribution is 2.36. The number of likely N-dealkylation sites (tertiary alicyclic amines) is 1. The summed E-state index contributed by atoms with van der Waals surface area (Å²) in [5, 5.41) is 12.7. The molecule has 1 fully saturated rings. The van der Waals surface area contributed by atoms with Crippen molar-refractivity contribution in [2.75, 3.05) is 25.5 Å². The molecule has 31 heavy (non-hydrogen) atoms. The summed E-state index contributed by atoms with van der Waals surface area (Å²) >= 11 is 1.16. The van der Waals surface area contributed by atoms with Gasteiger partial charge >= 0.3 is 6.18 Å². The van der Waals surface area contributed by atoms with Crippen LogP contribution in [0.5, 0.6) is 0 Å².